The molecular weight excluding hydrogens is 336 g/mol. The summed E-state index contributed by atoms with van der Waals surface area (Å²) in [6, 6.07) is 14.9. The zero-order chi connectivity index (χ0) is 18.4. The second-order valence-electron chi connectivity index (χ2n) is 6.20. The molecule has 25 heavy (non-hydrogen) atoms. The molecule has 0 heterocycles. The van der Waals surface area contributed by atoms with Gasteiger partial charge in [0.15, 0.2) is 0 Å². The van der Waals surface area contributed by atoms with E-state index in [0.29, 0.717) is 16.6 Å². The Kier molecular flexibility index (Phi) is 6.85. The van der Waals surface area contributed by atoms with Crippen molar-refractivity contribution in [2.45, 2.75) is 32.9 Å². The Balaban J connectivity index is 1.95. The normalized spacial score (nSPS) is 12.1. The van der Waals surface area contributed by atoms with Crippen LogP contribution >= 0.6 is 11.6 Å². The zero-order valence-corrected chi connectivity index (χ0v) is 15.6. The number of hydrogen-bond donors (Lipinski definition) is 2. The molecule has 0 saturated carbocycles. The summed E-state index contributed by atoms with van der Waals surface area (Å²) in [5.41, 5.74) is 2.39. The first-order valence-corrected chi connectivity index (χ1v) is 8.88. The molecule has 0 aromatic heterocycles. The van der Waals surface area contributed by atoms with Gasteiger partial charge in [0, 0.05) is 35.4 Å². The number of nitrogens with zero attached hydrogens (tertiary/aromatic N) is 1. The molecule has 1 amide bonds. The highest BCUT2D eigenvalue weighted by molar-refractivity contribution is 6.30. The topological polar surface area (TPSA) is 52.6 Å². The lowest BCUT2D eigenvalue weighted by Gasteiger charge is -2.27. The lowest BCUT2D eigenvalue weighted by molar-refractivity contribution is 0.0916. The van der Waals surface area contributed by atoms with Crippen LogP contribution in [0.2, 0.25) is 5.02 Å². The van der Waals surface area contributed by atoms with Crippen molar-refractivity contribution in [1.82, 2.24) is 5.32 Å². The highest BCUT2D eigenvalue weighted by Gasteiger charge is 2.12. The van der Waals surface area contributed by atoms with E-state index in [1.165, 1.54) is 0 Å². The summed E-state index contributed by atoms with van der Waals surface area (Å²) in [4.78, 5) is 14.5. The van der Waals surface area contributed by atoms with Crippen LogP contribution in [0.25, 0.3) is 0 Å². The molecule has 0 fully saturated rings. The number of hydrogen-bond acceptors (Lipinski definition) is 3. The summed E-state index contributed by atoms with van der Waals surface area (Å²) in [5.74, 6) is -0.202. The van der Waals surface area contributed by atoms with Crippen LogP contribution in [0.15, 0.2) is 48.5 Å². The average Bonchev–Trinajstić information content (AvgIpc) is 2.61. The minimum Gasteiger partial charge on any atom is -0.387 e. The molecule has 0 aliphatic carbocycles. The van der Waals surface area contributed by atoms with Gasteiger partial charge in [-0.2, -0.15) is 0 Å². The third-order valence-electron chi connectivity index (χ3n) is 4.14. The summed E-state index contributed by atoms with van der Waals surface area (Å²) in [7, 11) is 0. The first-order chi connectivity index (χ1) is 11.9. The Morgan fingerprint density at radius 1 is 1.12 bits per heavy atom. The number of carbonyl (C=O) groups excluding carboxylic acids is 1. The number of rotatable bonds is 7. The van der Waals surface area contributed by atoms with Crippen LogP contribution in [0, 0.1) is 0 Å². The largest absolute Gasteiger partial charge is 0.387 e. The predicted molar refractivity (Wildman–Crippen MR) is 103 cm³/mol. The Morgan fingerprint density at radius 2 is 1.72 bits per heavy atom. The molecule has 0 spiro atoms. The summed E-state index contributed by atoms with van der Waals surface area (Å²) in [6.07, 6.45) is -0.767. The SMILES string of the molecule is CCN(c1ccc(C(=O)NCC(O)c2ccc(Cl)cc2)cc1)C(C)C. The molecule has 5 heteroatoms. The maximum absolute atomic E-state index is 12.3. The Bertz CT molecular complexity index is 684. The molecule has 134 valence electrons. The van der Waals surface area contributed by atoms with Gasteiger partial charge in [-0.3, -0.25) is 4.79 Å². The van der Waals surface area contributed by atoms with Crippen LogP contribution in [0.4, 0.5) is 5.69 Å². The Labute approximate surface area is 154 Å². The summed E-state index contributed by atoms with van der Waals surface area (Å²) in [6.45, 7) is 7.45. The van der Waals surface area contributed by atoms with Crippen molar-refractivity contribution in [1.29, 1.82) is 0 Å². The molecule has 0 aliphatic rings. The number of aliphatic hydroxyl groups excluding tert-OH is 1. The number of amides is 1. The number of anilines is 1. The van der Waals surface area contributed by atoms with E-state index in [0.717, 1.165) is 17.8 Å². The van der Waals surface area contributed by atoms with Crippen molar-refractivity contribution in [3.8, 4) is 0 Å². The predicted octanol–water partition coefficient (Wildman–Crippen LogP) is 4.04. The smallest absolute Gasteiger partial charge is 0.251 e. The first-order valence-electron chi connectivity index (χ1n) is 8.50. The van der Waals surface area contributed by atoms with E-state index >= 15 is 0 Å². The molecule has 2 N–H and O–H groups in total. The molecular formula is C20H25ClN2O2. The number of carbonyl (C=O) groups is 1. The molecule has 1 atom stereocenters. The van der Waals surface area contributed by atoms with Crippen molar-refractivity contribution in [2.24, 2.45) is 0 Å². The van der Waals surface area contributed by atoms with Gasteiger partial charge < -0.3 is 15.3 Å². The van der Waals surface area contributed by atoms with E-state index in [4.69, 9.17) is 11.6 Å². The van der Waals surface area contributed by atoms with Crippen LogP contribution in [0.1, 0.15) is 42.8 Å². The molecule has 0 saturated heterocycles. The maximum atomic E-state index is 12.3. The van der Waals surface area contributed by atoms with Crippen molar-refractivity contribution >= 4 is 23.2 Å². The van der Waals surface area contributed by atoms with Crippen molar-refractivity contribution in [3.63, 3.8) is 0 Å². The van der Waals surface area contributed by atoms with Crippen LogP contribution in [-0.4, -0.2) is 30.1 Å². The minimum absolute atomic E-state index is 0.148. The quantitative estimate of drug-likeness (QED) is 0.783. The van der Waals surface area contributed by atoms with E-state index in [2.05, 4.69) is 31.0 Å². The Morgan fingerprint density at radius 3 is 2.24 bits per heavy atom. The zero-order valence-electron chi connectivity index (χ0n) is 14.9. The standard InChI is InChI=1S/C20H25ClN2O2/c1-4-23(14(2)3)18-11-7-16(8-12-18)20(25)22-13-19(24)15-5-9-17(21)10-6-15/h5-12,14,19,24H,4,13H2,1-3H3,(H,22,25). The molecule has 0 radical (unpaired) electrons. The summed E-state index contributed by atoms with van der Waals surface area (Å²) < 4.78 is 0. The van der Waals surface area contributed by atoms with E-state index in [1.54, 1.807) is 24.3 Å². The fourth-order valence-corrected chi connectivity index (χ4v) is 2.87. The van der Waals surface area contributed by atoms with Gasteiger partial charge in [0.2, 0.25) is 0 Å². The first kappa shape index (κ1) is 19.3. The molecule has 0 bridgehead atoms. The van der Waals surface area contributed by atoms with E-state index in [1.807, 2.05) is 24.3 Å². The van der Waals surface area contributed by atoms with Crippen LogP contribution < -0.4 is 10.2 Å². The molecule has 0 aliphatic heterocycles. The molecule has 2 aromatic rings. The number of aliphatic hydroxyl groups is 1. The van der Waals surface area contributed by atoms with Crippen LogP contribution in [0.3, 0.4) is 0 Å². The second-order valence-corrected chi connectivity index (χ2v) is 6.64. The van der Waals surface area contributed by atoms with Gasteiger partial charge >= 0.3 is 0 Å². The fraction of sp³-hybridized carbons (Fsp3) is 0.350. The van der Waals surface area contributed by atoms with E-state index in [9.17, 15) is 9.90 Å². The summed E-state index contributed by atoms with van der Waals surface area (Å²) >= 11 is 5.83. The highest BCUT2D eigenvalue weighted by atomic mass is 35.5. The van der Waals surface area contributed by atoms with Gasteiger partial charge in [-0.05, 0) is 62.7 Å². The number of benzene rings is 2. The van der Waals surface area contributed by atoms with Gasteiger partial charge in [-0.1, -0.05) is 23.7 Å². The average molecular weight is 361 g/mol. The van der Waals surface area contributed by atoms with Crippen molar-refractivity contribution < 1.29 is 9.90 Å². The van der Waals surface area contributed by atoms with Crippen LogP contribution in [-0.2, 0) is 0 Å². The lowest BCUT2D eigenvalue weighted by Crippen LogP contribution is -2.30. The lowest BCUT2D eigenvalue weighted by atomic mass is 10.1. The third kappa shape index (κ3) is 5.21. The van der Waals surface area contributed by atoms with Crippen LogP contribution in [0.5, 0.6) is 0 Å². The van der Waals surface area contributed by atoms with Gasteiger partial charge in [0.25, 0.3) is 5.91 Å². The minimum atomic E-state index is -0.767. The van der Waals surface area contributed by atoms with Gasteiger partial charge in [0.05, 0.1) is 6.10 Å². The van der Waals surface area contributed by atoms with Crippen molar-refractivity contribution in [2.75, 3.05) is 18.0 Å². The number of nitrogens with one attached hydrogen (secondary N) is 1. The summed E-state index contributed by atoms with van der Waals surface area (Å²) in [5, 5.41) is 13.5. The fourth-order valence-electron chi connectivity index (χ4n) is 2.74. The van der Waals surface area contributed by atoms with Crippen molar-refractivity contribution in [3.05, 3.63) is 64.7 Å². The monoisotopic (exact) mass is 360 g/mol. The van der Waals surface area contributed by atoms with Gasteiger partial charge in [-0.15, -0.1) is 0 Å². The molecule has 2 rings (SSSR count). The highest BCUT2D eigenvalue weighted by Crippen LogP contribution is 2.18. The second kappa shape index (κ2) is 8.88. The number of halogens is 1. The van der Waals surface area contributed by atoms with E-state index in [-0.39, 0.29) is 12.5 Å². The molecule has 2 aromatic carbocycles. The van der Waals surface area contributed by atoms with E-state index < -0.39 is 6.10 Å². The maximum Gasteiger partial charge on any atom is 0.251 e. The molecule has 1 unspecified atom stereocenters. The van der Waals surface area contributed by atoms with Gasteiger partial charge in [0.1, 0.15) is 0 Å². The van der Waals surface area contributed by atoms with Gasteiger partial charge in [-0.25, -0.2) is 0 Å². The third-order valence-corrected chi connectivity index (χ3v) is 4.39. The Hall–Kier alpha value is -2.04. The molecule has 4 nitrogen and oxygen atoms in total.